The normalized spacial score (nSPS) is 44.1. The van der Waals surface area contributed by atoms with Gasteiger partial charge in [-0.25, -0.2) is 0 Å². The Bertz CT molecular complexity index is 641. The van der Waals surface area contributed by atoms with Crippen LogP contribution in [0, 0.1) is 46.3 Å². The van der Waals surface area contributed by atoms with Crippen LogP contribution in [0.15, 0.2) is 11.6 Å². The van der Waals surface area contributed by atoms with Gasteiger partial charge in [0.25, 0.3) is 0 Å². The molecule has 0 heterocycles. The molecule has 0 bridgehead atoms. The third-order valence-electron chi connectivity index (χ3n) is 11.0. The quantitative estimate of drug-likeness (QED) is 0.368. The molecule has 0 aromatic carbocycles. The van der Waals surface area contributed by atoms with Gasteiger partial charge in [-0.2, -0.15) is 0 Å². The molecule has 4 aliphatic carbocycles. The van der Waals surface area contributed by atoms with Crippen molar-refractivity contribution in [3.63, 3.8) is 0 Å². The first-order chi connectivity index (χ1) is 14.8. The number of rotatable bonds is 8. The minimum absolute atomic E-state index is 0.459. The molecule has 0 amide bonds. The average molecular weight is 431 g/mol. The van der Waals surface area contributed by atoms with Gasteiger partial charge in [0.2, 0.25) is 0 Å². The van der Waals surface area contributed by atoms with Crippen molar-refractivity contribution in [2.75, 3.05) is 20.8 Å². The van der Waals surface area contributed by atoms with Crippen molar-refractivity contribution in [3.8, 4) is 0 Å². The van der Waals surface area contributed by atoms with E-state index in [2.05, 4.69) is 33.8 Å². The Morgan fingerprint density at radius 2 is 1.81 bits per heavy atom. The zero-order chi connectivity index (χ0) is 22.2. The van der Waals surface area contributed by atoms with Crippen molar-refractivity contribution in [2.24, 2.45) is 46.3 Å². The first kappa shape index (κ1) is 23.8. The summed E-state index contributed by atoms with van der Waals surface area (Å²) in [4.78, 5) is 0. The van der Waals surface area contributed by atoms with Crippen LogP contribution < -0.4 is 0 Å². The summed E-state index contributed by atoms with van der Waals surface area (Å²) in [6.07, 6.45) is 18.3. The van der Waals surface area contributed by atoms with E-state index in [-0.39, 0.29) is 0 Å². The minimum Gasteiger partial charge on any atom is -0.384 e. The van der Waals surface area contributed by atoms with Crippen molar-refractivity contribution in [2.45, 2.75) is 104 Å². The molecular weight excluding hydrogens is 380 g/mol. The second-order valence-electron chi connectivity index (χ2n) is 12.6. The van der Waals surface area contributed by atoms with E-state index in [1.54, 1.807) is 5.57 Å². The maximum absolute atomic E-state index is 5.76. The molecule has 0 spiro atoms. The average Bonchev–Trinajstić information content (AvgIpc) is 3.10. The SMILES string of the molecule is COC[C@@H](C)CCC[C@@H](C)[C@H]1CC[C@H]2[C@@H]3CC=C4C[C@@H](OC)CC[C@]4(C)[C@H]3CC[C@]12C. The van der Waals surface area contributed by atoms with Crippen LogP contribution in [0.25, 0.3) is 0 Å². The van der Waals surface area contributed by atoms with E-state index in [1.165, 1.54) is 70.6 Å². The molecule has 2 heteroatoms. The van der Waals surface area contributed by atoms with Crippen molar-refractivity contribution in [1.82, 2.24) is 0 Å². The fraction of sp³-hybridized carbons (Fsp3) is 0.931. The van der Waals surface area contributed by atoms with Gasteiger partial charge in [0.05, 0.1) is 6.10 Å². The van der Waals surface area contributed by atoms with Crippen molar-refractivity contribution < 1.29 is 9.47 Å². The van der Waals surface area contributed by atoms with E-state index in [4.69, 9.17) is 9.47 Å². The molecule has 4 rings (SSSR count). The molecule has 0 aromatic rings. The molecule has 31 heavy (non-hydrogen) atoms. The lowest BCUT2D eigenvalue weighted by Gasteiger charge is -2.58. The lowest BCUT2D eigenvalue weighted by Crippen LogP contribution is -2.50. The highest BCUT2D eigenvalue weighted by molar-refractivity contribution is 5.25. The van der Waals surface area contributed by atoms with Gasteiger partial charge in [0, 0.05) is 20.8 Å². The summed E-state index contributed by atoms with van der Waals surface area (Å²) in [7, 11) is 3.74. The molecular formula is C29H50O2. The predicted octanol–water partition coefficient (Wildman–Crippen LogP) is 7.67. The standard InChI is InChI=1S/C29H50O2/c1-20(19-30-5)8-7-9-21(2)25-12-13-26-24-11-10-22-18-23(31-6)14-16-28(22,3)27(24)15-17-29(25,26)4/h10,20-21,23-27H,7-9,11-19H2,1-6H3/t20-,21+,23-,24-,25+,26-,27-,28-,29+/m0/s1. The molecule has 9 atom stereocenters. The van der Waals surface area contributed by atoms with Crippen LogP contribution in [0.5, 0.6) is 0 Å². The van der Waals surface area contributed by atoms with Gasteiger partial charge in [0.15, 0.2) is 0 Å². The summed E-state index contributed by atoms with van der Waals surface area (Å²) in [5, 5.41) is 0. The first-order valence-corrected chi connectivity index (χ1v) is 13.5. The lowest BCUT2D eigenvalue weighted by atomic mass is 9.47. The second kappa shape index (κ2) is 9.49. The third kappa shape index (κ3) is 4.30. The van der Waals surface area contributed by atoms with Crippen LogP contribution in [0.3, 0.4) is 0 Å². The highest BCUT2D eigenvalue weighted by Gasteiger charge is 2.59. The summed E-state index contributed by atoms with van der Waals surface area (Å²) in [5.74, 6) is 5.35. The number of allylic oxidation sites excluding steroid dienone is 1. The van der Waals surface area contributed by atoms with Crippen LogP contribution in [-0.2, 0) is 9.47 Å². The molecule has 0 aromatic heterocycles. The van der Waals surface area contributed by atoms with E-state index in [0.29, 0.717) is 22.9 Å². The van der Waals surface area contributed by atoms with Crippen molar-refractivity contribution >= 4 is 0 Å². The zero-order valence-corrected chi connectivity index (χ0v) is 21.4. The zero-order valence-electron chi connectivity index (χ0n) is 21.4. The van der Waals surface area contributed by atoms with Crippen LogP contribution in [0.4, 0.5) is 0 Å². The van der Waals surface area contributed by atoms with E-state index in [0.717, 1.165) is 36.2 Å². The Hall–Kier alpha value is -0.340. The van der Waals surface area contributed by atoms with E-state index in [9.17, 15) is 0 Å². The Balaban J connectivity index is 1.42. The monoisotopic (exact) mass is 430 g/mol. The van der Waals surface area contributed by atoms with Gasteiger partial charge in [-0.1, -0.05) is 52.2 Å². The fourth-order valence-corrected chi connectivity index (χ4v) is 9.16. The molecule has 4 aliphatic rings. The van der Waals surface area contributed by atoms with E-state index < -0.39 is 0 Å². The minimum atomic E-state index is 0.459. The molecule has 178 valence electrons. The van der Waals surface area contributed by atoms with Crippen LogP contribution >= 0.6 is 0 Å². The number of ether oxygens (including phenoxy) is 2. The van der Waals surface area contributed by atoms with Gasteiger partial charge in [-0.3, -0.25) is 0 Å². The maximum Gasteiger partial charge on any atom is 0.0608 e. The summed E-state index contributed by atoms with van der Waals surface area (Å²) >= 11 is 0. The maximum atomic E-state index is 5.76. The smallest absolute Gasteiger partial charge is 0.0608 e. The summed E-state index contributed by atoms with van der Waals surface area (Å²) < 4.78 is 11.1. The lowest BCUT2D eigenvalue weighted by molar-refractivity contribution is -0.0602. The Morgan fingerprint density at radius 1 is 1.00 bits per heavy atom. The molecule has 0 radical (unpaired) electrons. The van der Waals surface area contributed by atoms with Gasteiger partial charge in [-0.05, 0) is 104 Å². The second-order valence-corrected chi connectivity index (χ2v) is 12.6. The molecule has 0 unspecified atom stereocenters. The molecule has 0 saturated heterocycles. The van der Waals surface area contributed by atoms with Gasteiger partial charge < -0.3 is 9.47 Å². The molecule has 0 aliphatic heterocycles. The number of hydrogen-bond donors (Lipinski definition) is 0. The summed E-state index contributed by atoms with van der Waals surface area (Å²) in [6.45, 7) is 11.2. The number of fused-ring (bicyclic) bond motifs is 5. The summed E-state index contributed by atoms with van der Waals surface area (Å²) in [5.41, 5.74) is 2.80. The fourth-order valence-electron chi connectivity index (χ4n) is 9.16. The highest BCUT2D eigenvalue weighted by atomic mass is 16.5. The van der Waals surface area contributed by atoms with Crippen LogP contribution in [-0.4, -0.2) is 26.9 Å². The van der Waals surface area contributed by atoms with Gasteiger partial charge in [0.1, 0.15) is 0 Å². The van der Waals surface area contributed by atoms with Gasteiger partial charge in [-0.15, -0.1) is 0 Å². The first-order valence-electron chi connectivity index (χ1n) is 13.5. The van der Waals surface area contributed by atoms with E-state index in [1.807, 2.05) is 14.2 Å². The van der Waals surface area contributed by atoms with E-state index >= 15 is 0 Å². The topological polar surface area (TPSA) is 18.5 Å². The van der Waals surface area contributed by atoms with Crippen LogP contribution in [0.1, 0.15) is 98.3 Å². The molecule has 3 saturated carbocycles. The highest BCUT2D eigenvalue weighted by Crippen LogP contribution is 2.67. The number of hydrogen-bond acceptors (Lipinski definition) is 2. The Labute approximate surface area is 192 Å². The molecule has 2 nitrogen and oxygen atoms in total. The summed E-state index contributed by atoms with van der Waals surface area (Å²) in [6, 6.07) is 0. The molecule has 3 fully saturated rings. The van der Waals surface area contributed by atoms with Crippen molar-refractivity contribution in [1.29, 1.82) is 0 Å². The third-order valence-corrected chi connectivity index (χ3v) is 11.0. The van der Waals surface area contributed by atoms with Crippen molar-refractivity contribution in [3.05, 3.63) is 11.6 Å². The number of methoxy groups -OCH3 is 2. The Kier molecular flexibility index (Phi) is 7.29. The van der Waals surface area contributed by atoms with Crippen LogP contribution in [0.2, 0.25) is 0 Å². The molecule has 0 N–H and O–H groups in total. The largest absolute Gasteiger partial charge is 0.384 e. The Morgan fingerprint density at radius 3 is 2.55 bits per heavy atom. The van der Waals surface area contributed by atoms with Gasteiger partial charge >= 0.3 is 0 Å². The predicted molar refractivity (Wildman–Crippen MR) is 130 cm³/mol.